The molecular weight excluding hydrogens is 348 g/mol. The van der Waals surface area contributed by atoms with Crippen LogP contribution in [0, 0.1) is 6.92 Å². The molecule has 0 spiro atoms. The van der Waals surface area contributed by atoms with Crippen molar-refractivity contribution in [2.45, 2.75) is 51.4 Å². The maximum atomic E-state index is 13.3. The summed E-state index contributed by atoms with van der Waals surface area (Å²) in [5.41, 5.74) is 2.15. The van der Waals surface area contributed by atoms with Crippen molar-refractivity contribution in [2.24, 2.45) is 0 Å². The number of carbonyl (C=O) groups is 1. The smallest absolute Gasteiger partial charge is 0.235 e. The molecule has 4 nitrogen and oxygen atoms in total. The lowest BCUT2D eigenvalue weighted by Gasteiger charge is -2.36. The highest BCUT2D eigenvalue weighted by molar-refractivity contribution is 6.30. The lowest BCUT2D eigenvalue weighted by Crippen LogP contribution is -2.42. The predicted octanol–water partition coefficient (Wildman–Crippen LogP) is 5.28. The second-order valence-electron chi connectivity index (χ2n) is 6.88. The molecule has 0 unspecified atom stereocenters. The molecule has 3 rings (SSSR count). The number of hydrogen-bond acceptors (Lipinski definition) is 3. The normalized spacial score (nSPS) is 16.1. The zero-order valence-corrected chi connectivity index (χ0v) is 16.1. The number of rotatable bonds is 5. The monoisotopic (exact) mass is 372 g/mol. The van der Waals surface area contributed by atoms with Gasteiger partial charge in [-0.1, -0.05) is 43.0 Å². The van der Waals surface area contributed by atoms with Crippen molar-refractivity contribution in [1.29, 1.82) is 0 Å². The molecule has 2 aromatic rings. The molecule has 1 heterocycles. The van der Waals surface area contributed by atoms with Gasteiger partial charge in [-0.15, -0.1) is 0 Å². The van der Waals surface area contributed by atoms with Crippen molar-refractivity contribution >= 4 is 23.2 Å². The van der Waals surface area contributed by atoms with Gasteiger partial charge in [-0.25, -0.2) is 4.98 Å². The number of carbonyl (C=O) groups excluding carboxylic acids is 1. The molecule has 1 aliphatic rings. The molecule has 1 aromatic heterocycles. The van der Waals surface area contributed by atoms with E-state index in [4.69, 9.17) is 16.3 Å². The Morgan fingerprint density at radius 3 is 2.54 bits per heavy atom. The van der Waals surface area contributed by atoms with Gasteiger partial charge in [-0.05, 0) is 50.5 Å². The van der Waals surface area contributed by atoms with Crippen LogP contribution in [0.1, 0.15) is 50.2 Å². The van der Waals surface area contributed by atoms with Gasteiger partial charge in [0.25, 0.3) is 0 Å². The van der Waals surface area contributed by atoms with Crippen LogP contribution < -0.4 is 10.1 Å². The maximum absolute atomic E-state index is 13.3. The Labute approximate surface area is 159 Å². The number of halogens is 1. The van der Waals surface area contributed by atoms with Gasteiger partial charge in [0.1, 0.15) is 0 Å². The summed E-state index contributed by atoms with van der Waals surface area (Å²) in [6.07, 6.45) is 6.64. The van der Waals surface area contributed by atoms with Crippen LogP contribution in [0.4, 0.5) is 5.69 Å². The van der Waals surface area contributed by atoms with Gasteiger partial charge in [0, 0.05) is 10.6 Å². The molecule has 1 fully saturated rings. The molecule has 1 amide bonds. The van der Waals surface area contributed by atoms with Crippen molar-refractivity contribution in [3.05, 3.63) is 52.7 Å². The van der Waals surface area contributed by atoms with E-state index in [2.05, 4.69) is 10.3 Å². The molecule has 1 aromatic carbocycles. The average Bonchev–Trinajstić information content (AvgIpc) is 2.65. The zero-order chi connectivity index (χ0) is 18.6. The van der Waals surface area contributed by atoms with E-state index in [9.17, 15) is 4.79 Å². The van der Waals surface area contributed by atoms with E-state index in [-0.39, 0.29) is 5.91 Å². The zero-order valence-electron chi connectivity index (χ0n) is 15.3. The second-order valence-corrected chi connectivity index (χ2v) is 7.32. The fourth-order valence-electron chi connectivity index (χ4n) is 3.74. The number of amides is 1. The topological polar surface area (TPSA) is 51.2 Å². The first-order valence-corrected chi connectivity index (χ1v) is 9.60. The van der Waals surface area contributed by atoms with Crippen molar-refractivity contribution in [2.75, 3.05) is 11.9 Å². The molecule has 5 heteroatoms. The van der Waals surface area contributed by atoms with E-state index >= 15 is 0 Å². The largest absolute Gasteiger partial charge is 0.478 e. The van der Waals surface area contributed by atoms with E-state index in [0.29, 0.717) is 23.2 Å². The Morgan fingerprint density at radius 2 is 1.92 bits per heavy atom. The highest BCUT2D eigenvalue weighted by Gasteiger charge is 2.41. The number of aryl methyl sites for hydroxylation is 1. The number of hydrogen-bond donors (Lipinski definition) is 1. The molecule has 0 atom stereocenters. The summed E-state index contributed by atoms with van der Waals surface area (Å²) >= 11 is 6.04. The SMILES string of the molecule is CCOc1ncc(NC(=O)C2(c3ccc(Cl)cc3)CCCCC2)cc1C. The molecule has 1 aliphatic carbocycles. The van der Waals surface area contributed by atoms with Crippen LogP contribution in [0.25, 0.3) is 0 Å². The summed E-state index contributed by atoms with van der Waals surface area (Å²) in [4.78, 5) is 17.6. The quantitative estimate of drug-likeness (QED) is 0.776. The van der Waals surface area contributed by atoms with E-state index in [1.54, 1.807) is 6.20 Å². The van der Waals surface area contributed by atoms with Gasteiger partial charge in [0.2, 0.25) is 11.8 Å². The molecule has 1 saturated carbocycles. The Bertz CT molecular complexity index is 768. The Kier molecular flexibility index (Phi) is 5.82. The van der Waals surface area contributed by atoms with Gasteiger partial charge < -0.3 is 10.1 Å². The maximum Gasteiger partial charge on any atom is 0.235 e. The van der Waals surface area contributed by atoms with Crippen LogP contribution in [0.2, 0.25) is 5.02 Å². The summed E-state index contributed by atoms with van der Waals surface area (Å²) in [5, 5.41) is 3.77. The molecule has 138 valence electrons. The minimum Gasteiger partial charge on any atom is -0.478 e. The fraction of sp³-hybridized carbons (Fsp3) is 0.429. The van der Waals surface area contributed by atoms with Crippen LogP contribution in [0.15, 0.2) is 36.5 Å². The number of aromatic nitrogens is 1. The summed E-state index contributed by atoms with van der Waals surface area (Å²) in [5.74, 6) is 0.639. The Morgan fingerprint density at radius 1 is 1.23 bits per heavy atom. The summed E-state index contributed by atoms with van der Waals surface area (Å²) < 4.78 is 5.48. The number of pyridine rings is 1. The van der Waals surface area contributed by atoms with Gasteiger partial charge in [-0.2, -0.15) is 0 Å². The first-order valence-electron chi connectivity index (χ1n) is 9.22. The van der Waals surface area contributed by atoms with Crippen LogP contribution in [0.3, 0.4) is 0 Å². The van der Waals surface area contributed by atoms with E-state index in [0.717, 1.165) is 36.8 Å². The number of benzene rings is 1. The molecule has 0 bridgehead atoms. The standard InChI is InChI=1S/C21H25ClN2O2/c1-3-26-19-15(2)13-18(14-23-19)24-20(25)21(11-5-4-6-12-21)16-7-9-17(22)10-8-16/h7-10,13-14H,3-6,11-12H2,1-2H3,(H,24,25). The van der Waals surface area contributed by atoms with Crippen molar-refractivity contribution < 1.29 is 9.53 Å². The average molecular weight is 373 g/mol. The Hall–Kier alpha value is -2.07. The van der Waals surface area contributed by atoms with E-state index < -0.39 is 5.41 Å². The molecule has 0 saturated heterocycles. The molecule has 26 heavy (non-hydrogen) atoms. The first kappa shape index (κ1) is 18.7. The van der Waals surface area contributed by atoms with Crippen LogP contribution in [-0.2, 0) is 10.2 Å². The lowest BCUT2D eigenvalue weighted by molar-refractivity contribution is -0.122. The third kappa shape index (κ3) is 3.85. The van der Waals surface area contributed by atoms with Crippen LogP contribution in [-0.4, -0.2) is 17.5 Å². The molecule has 0 radical (unpaired) electrons. The van der Waals surface area contributed by atoms with Crippen LogP contribution in [0.5, 0.6) is 5.88 Å². The number of ether oxygens (including phenoxy) is 1. The summed E-state index contributed by atoms with van der Waals surface area (Å²) in [6, 6.07) is 9.60. The first-order chi connectivity index (χ1) is 12.5. The minimum absolute atomic E-state index is 0.0323. The van der Waals surface area contributed by atoms with E-state index in [1.165, 1.54) is 6.42 Å². The Balaban J connectivity index is 1.86. The number of nitrogens with one attached hydrogen (secondary N) is 1. The van der Waals surface area contributed by atoms with Gasteiger partial charge in [0.15, 0.2) is 0 Å². The van der Waals surface area contributed by atoms with Crippen molar-refractivity contribution in [3.8, 4) is 5.88 Å². The van der Waals surface area contributed by atoms with Crippen molar-refractivity contribution in [3.63, 3.8) is 0 Å². The third-order valence-corrected chi connectivity index (χ3v) is 5.36. The lowest BCUT2D eigenvalue weighted by atomic mass is 9.68. The fourth-order valence-corrected chi connectivity index (χ4v) is 3.87. The highest BCUT2D eigenvalue weighted by atomic mass is 35.5. The summed E-state index contributed by atoms with van der Waals surface area (Å²) in [7, 11) is 0. The number of anilines is 1. The third-order valence-electron chi connectivity index (χ3n) is 5.11. The predicted molar refractivity (Wildman–Crippen MR) is 105 cm³/mol. The molecule has 1 N–H and O–H groups in total. The molecule has 0 aliphatic heterocycles. The number of nitrogens with zero attached hydrogens (tertiary/aromatic N) is 1. The highest BCUT2D eigenvalue weighted by Crippen LogP contribution is 2.41. The van der Waals surface area contributed by atoms with Gasteiger partial charge in [0.05, 0.1) is 23.9 Å². The van der Waals surface area contributed by atoms with E-state index in [1.807, 2.05) is 44.2 Å². The van der Waals surface area contributed by atoms with Gasteiger partial charge >= 0.3 is 0 Å². The van der Waals surface area contributed by atoms with Crippen LogP contribution >= 0.6 is 11.6 Å². The van der Waals surface area contributed by atoms with Gasteiger partial charge in [-0.3, -0.25) is 4.79 Å². The molecular formula is C21H25ClN2O2. The minimum atomic E-state index is -0.505. The second kappa shape index (κ2) is 8.09. The van der Waals surface area contributed by atoms with Crippen molar-refractivity contribution in [1.82, 2.24) is 4.98 Å². The summed E-state index contributed by atoms with van der Waals surface area (Å²) in [6.45, 7) is 4.43.